The van der Waals surface area contributed by atoms with Crippen molar-refractivity contribution < 1.29 is 9.52 Å². The van der Waals surface area contributed by atoms with Crippen LogP contribution in [0.4, 0.5) is 0 Å². The van der Waals surface area contributed by atoms with E-state index in [4.69, 9.17) is 4.42 Å². The number of nitrogens with zero attached hydrogens (tertiary/aromatic N) is 5. The number of para-hydroxylation sites is 1. The lowest BCUT2D eigenvalue weighted by atomic mass is 10.2. The maximum Gasteiger partial charge on any atom is 0.191 e. The molecule has 0 saturated carbocycles. The Balaban J connectivity index is 1.63. The molecular weight excluding hydrogens is 406 g/mol. The van der Waals surface area contributed by atoms with Crippen molar-refractivity contribution in [1.29, 1.82) is 5.26 Å². The van der Waals surface area contributed by atoms with Crippen LogP contribution in [0.5, 0.6) is 0 Å². The van der Waals surface area contributed by atoms with Crippen molar-refractivity contribution in [3.63, 3.8) is 0 Å². The molecule has 4 rings (SSSR count). The molecule has 0 bridgehead atoms. The van der Waals surface area contributed by atoms with Gasteiger partial charge in [-0.15, -0.1) is 21.5 Å². The van der Waals surface area contributed by atoms with Gasteiger partial charge in [0.25, 0.3) is 0 Å². The summed E-state index contributed by atoms with van der Waals surface area (Å²) in [6, 6.07) is 11.6. The molecule has 0 aliphatic rings. The van der Waals surface area contributed by atoms with Crippen LogP contribution in [0.3, 0.4) is 0 Å². The van der Waals surface area contributed by atoms with Crippen molar-refractivity contribution in [2.45, 2.75) is 24.3 Å². The van der Waals surface area contributed by atoms with Crippen molar-refractivity contribution in [2.75, 3.05) is 0 Å². The Morgan fingerprint density at radius 1 is 1.31 bits per heavy atom. The molecule has 0 aliphatic heterocycles. The van der Waals surface area contributed by atoms with Gasteiger partial charge in [-0.3, -0.25) is 0 Å². The van der Waals surface area contributed by atoms with Gasteiger partial charge in [-0.05, 0) is 32.0 Å². The second kappa shape index (κ2) is 7.73. The Bertz CT molecular complexity index is 1230. The fraction of sp³-hybridized carbons (Fsp3) is 0.200. The van der Waals surface area contributed by atoms with Crippen LogP contribution in [0.25, 0.3) is 27.2 Å². The maximum absolute atomic E-state index is 10.8. The minimum Gasteiger partial charge on any atom is -0.510 e. The number of hydrogen-bond acceptors (Lipinski definition) is 8. The Morgan fingerprint density at radius 3 is 2.79 bits per heavy atom. The molecular formula is C20H17N5O2S2. The zero-order chi connectivity index (χ0) is 20.5. The van der Waals surface area contributed by atoms with Crippen molar-refractivity contribution in [3.05, 3.63) is 53.1 Å². The van der Waals surface area contributed by atoms with E-state index in [0.717, 1.165) is 21.5 Å². The fourth-order valence-electron chi connectivity index (χ4n) is 2.88. The third kappa shape index (κ3) is 3.52. The molecule has 1 N–H and O–H groups in total. The fourth-order valence-corrected chi connectivity index (χ4v) is 4.73. The minimum absolute atomic E-state index is 0.0272. The summed E-state index contributed by atoms with van der Waals surface area (Å²) in [5.41, 5.74) is 1.85. The van der Waals surface area contributed by atoms with Crippen LogP contribution in [0.1, 0.15) is 17.7 Å². The monoisotopic (exact) mass is 423 g/mol. The molecule has 3 heterocycles. The molecule has 1 unspecified atom stereocenters. The summed E-state index contributed by atoms with van der Waals surface area (Å²) in [7, 11) is 1.86. The van der Waals surface area contributed by atoms with E-state index in [0.29, 0.717) is 16.0 Å². The van der Waals surface area contributed by atoms with Gasteiger partial charge in [0, 0.05) is 7.05 Å². The van der Waals surface area contributed by atoms with E-state index in [1.54, 1.807) is 6.26 Å². The van der Waals surface area contributed by atoms with Gasteiger partial charge >= 0.3 is 0 Å². The summed E-state index contributed by atoms with van der Waals surface area (Å²) in [5, 5.41) is 29.6. The number of furan rings is 1. The molecule has 3 aromatic heterocycles. The summed E-state index contributed by atoms with van der Waals surface area (Å²) in [6.45, 7) is 3.69. The van der Waals surface area contributed by atoms with E-state index >= 15 is 0 Å². The molecule has 0 aliphatic carbocycles. The Morgan fingerprint density at radius 2 is 2.10 bits per heavy atom. The number of aliphatic hydroxyl groups excluding tert-OH is 1. The van der Waals surface area contributed by atoms with Gasteiger partial charge in [-0.25, -0.2) is 4.98 Å². The molecule has 0 amide bonds. The third-order valence-corrected chi connectivity index (χ3v) is 6.67. The van der Waals surface area contributed by atoms with Gasteiger partial charge in [0.05, 0.1) is 27.3 Å². The average molecular weight is 424 g/mol. The lowest BCUT2D eigenvalue weighted by Crippen LogP contribution is -2.06. The number of rotatable bonds is 5. The Kier molecular flexibility index (Phi) is 5.13. The van der Waals surface area contributed by atoms with Crippen LogP contribution >= 0.6 is 23.1 Å². The first-order valence-corrected chi connectivity index (χ1v) is 10.5. The van der Waals surface area contributed by atoms with Crippen molar-refractivity contribution >= 4 is 38.9 Å². The molecule has 1 atom stereocenters. The zero-order valence-electron chi connectivity index (χ0n) is 15.9. The molecule has 146 valence electrons. The number of thiazole rings is 1. The van der Waals surface area contributed by atoms with Crippen LogP contribution in [-0.2, 0) is 7.05 Å². The van der Waals surface area contributed by atoms with Crippen molar-refractivity contribution in [1.82, 2.24) is 19.7 Å². The molecule has 0 radical (unpaired) electrons. The van der Waals surface area contributed by atoms with Crippen LogP contribution in [0.15, 0.2) is 51.9 Å². The summed E-state index contributed by atoms with van der Waals surface area (Å²) < 4.78 is 8.16. The standard InChI is InChI=1S/C20H17N5O2S2/c1-11-13(8-9-27-11)18-23-24-20(25(18)3)28-12(2)17(26)14(10-21)19-22-15-6-4-5-7-16(15)29-19/h4-9,12,26H,1-3H3/b17-14-. The lowest BCUT2D eigenvalue weighted by Gasteiger charge is -2.11. The topological polar surface area (TPSA) is 101 Å². The SMILES string of the molecule is Cc1occc1-c1nnc(SC(C)/C(O)=C(\C#N)c2nc3ccccc3s2)n1C. The van der Waals surface area contributed by atoms with Crippen LogP contribution in [-0.4, -0.2) is 30.1 Å². The van der Waals surface area contributed by atoms with Gasteiger partial charge in [-0.2, -0.15) is 5.26 Å². The maximum atomic E-state index is 10.8. The molecule has 9 heteroatoms. The molecule has 7 nitrogen and oxygen atoms in total. The molecule has 0 saturated heterocycles. The van der Waals surface area contributed by atoms with Crippen molar-refractivity contribution in [2.24, 2.45) is 7.05 Å². The molecule has 0 spiro atoms. The number of allylic oxidation sites excluding steroid dienone is 1. The number of hydrogen-bond donors (Lipinski definition) is 1. The summed E-state index contributed by atoms with van der Waals surface area (Å²) >= 11 is 2.71. The van der Waals surface area contributed by atoms with E-state index in [9.17, 15) is 10.4 Å². The molecule has 1 aromatic carbocycles. The summed E-state index contributed by atoms with van der Waals surface area (Å²) in [5.74, 6) is 1.41. The Labute approximate surface area is 175 Å². The molecule has 29 heavy (non-hydrogen) atoms. The second-order valence-corrected chi connectivity index (χ2v) is 8.71. The molecule has 0 fully saturated rings. The Hall–Kier alpha value is -3.09. The van der Waals surface area contributed by atoms with Gasteiger partial charge in [0.1, 0.15) is 28.2 Å². The quantitative estimate of drug-likeness (QED) is 0.275. The summed E-state index contributed by atoms with van der Waals surface area (Å²) in [4.78, 5) is 4.48. The number of benzene rings is 1. The number of aliphatic hydroxyl groups is 1. The largest absolute Gasteiger partial charge is 0.510 e. The van der Waals surface area contributed by atoms with Gasteiger partial charge in [0.15, 0.2) is 11.0 Å². The first-order valence-electron chi connectivity index (χ1n) is 8.79. The highest BCUT2D eigenvalue weighted by Crippen LogP contribution is 2.34. The van der Waals surface area contributed by atoms with Gasteiger partial charge in [-0.1, -0.05) is 23.9 Å². The van der Waals surface area contributed by atoms with Crippen LogP contribution in [0, 0.1) is 18.3 Å². The van der Waals surface area contributed by atoms with Crippen molar-refractivity contribution in [3.8, 4) is 17.5 Å². The highest BCUT2D eigenvalue weighted by atomic mass is 32.2. The smallest absolute Gasteiger partial charge is 0.191 e. The second-order valence-electron chi connectivity index (χ2n) is 6.37. The predicted octanol–water partition coefficient (Wildman–Crippen LogP) is 4.97. The first kappa shape index (κ1) is 19.2. The van der Waals surface area contributed by atoms with Crippen LogP contribution < -0.4 is 0 Å². The first-order chi connectivity index (χ1) is 14.0. The van der Waals surface area contributed by atoms with E-state index in [1.807, 2.05) is 55.8 Å². The van der Waals surface area contributed by atoms with Crippen LogP contribution in [0.2, 0.25) is 0 Å². The van der Waals surface area contributed by atoms with E-state index in [2.05, 4.69) is 21.3 Å². The number of thioether (sulfide) groups is 1. The normalized spacial score (nSPS) is 13.3. The third-order valence-electron chi connectivity index (χ3n) is 4.48. The predicted molar refractivity (Wildman–Crippen MR) is 114 cm³/mol. The minimum atomic E-state index is -0.405. The lowest BCUT2D eigenvalue weighted by molar-refractivity contribution is 0.402. The summed E-state index contributed by atoms with van der Waals surface area (Å²) in [6.07, 6.45) is 1.61. The highest BCUT2D eigenvalue weighted by Gasteiger charge is 2.22. The number of nitriles is 1. The van der Waals surface area contributed by atoms with E-state index in [-0.39, 0.29) is 11.3 Å². The van der Waals surface area contributed by atoms with E-state index < -0.39 is 5.25 Å². The average Bonchev–Trinajstić information content (AvgIpc) is 3.41. The van der Waals surface area contributed by atoms with E-state index in [1.165, 1.54) is 23.1 Å². The zero-order valence-corrected chi connectivity index (χ0v) is 17.6. The highest BCUT2D eigenvalue weighted by molar-refractivity contribution is 7.99. The number of aromatic nitrogens is 4. The number of aryl methyl sites for hydroxylation is 1. The number of fused-ring (bicyclic) bond motifs is 1. The van der Waals surface area contributed by atoms with Gasteiger partial charge < -0.3 is 14.1 Å². The van der Waals surface area contributed by atoms with Gasteiger partial charge in [0.2, 0.25) is 0 Å². The molecule has 4 aromatic rings.